The minimum absolute atomic E-state index is 0.132. The molecule has 23 heavy (non-hydrogen) atoms. The number of esters is 1. The van der Waals surface area contributed by atoms with Crippen molar-refractivity contribution < 1.29 is 18.7 Å². The first-order chi connectivity index (χ1) is 11.0. The van der Waals surface area contributed by atoms with E-state index in [9.17, 15) is 14.0 Å². The zero-order chi connectivity index (χ0) is 16.8. The highest BCUT2D eigenvalue weighted by molar-refractivity contribution is 6.30. The van der Waals surface area contributed by atoms with Crippen LogP contribution in [-0.4, -0.2) is 25.0 Å². The van der Waals surface area contributed by atoms with E-state index in [0.29, 0.717) is 5.02 Å². The molecular formula is C17H15ClFNO3. The summed E-state index contributed by atoms with van der Waals surface area (Å²) in [5, 5.41) is 3.02. The topological polar surface area (TPSA) is 55.4 Å². The van der Waals surface area contributed by atoms with Gasteiger partial charge in [-0.05, 0) is 29.8 Å². The normalized spacial score (nSPS) is 11.6. The molecule has 0 aliphatic carbocycles. The maximum atomic E-state index is 13.7. The van der Waals surface area contributed by atoms with Crippen LogP contribution in [0.5, 0.6) is 0 Å². The number of hydrogen-bond donors (Lipinski definition) is 1. The summed E-state index contributed by atoms with van der Waals surface area (Å²) in [4.78, 5) is 24.1. The van der Waals surface area contributed by atoms with Gasteiger partial charge in [0.05, 0.1) is 12.7 Å². The summed E-state index contributed by atoms with van der Waals surface area (Å²) in [7, 11) is 1.22. The third-order valence-corrected chi connectivity index (χ3v) is 3.47. The molecule has 2 rings (SSSR count). The molecule has 0 bridgehead atoms. The highest BCUT2D eigenvalue weighted by atomic mass is 35.5. The van der Waals surface area contributed by atoms with Crippen molar-refractivity contribution in [1.82, 2.24) is 5.32 Å². The molecule has 0 aliphatic heterocycles. The number of carbonyl (C=O) groups is 2. The molecule has 0 heterocycles. The fourth-order valence-corrected chi connectivity index (χ4v) is 2.33. The van der Waals surface area contributed by atoms with Crippen LogP contribution in [0, 0.1) is 5.82 Å². The molecular weight excluding hydrogens is 321 g/mol. The van der Waals surface area contributed by atoms with E-state index in [1.807, 2.05) is 0 Å². The molecule has 1 amide bonds. The van der Waals surface area contributed by atoms with Crippen LogP contribution in [0.4, 0.5) is 4.39 Å². The average Bonchev–Trinajstić information content (AvgIpc) is 2.54. The quantitative estimate of drug-likeness (QED) is 0.855. The third-order valence-electron chi connectivity index (χ3n) is 3.24. The molecule has 2 aromatic carbocycles. The lowest BCUT2D eigenvalue weighted by molar-refractivity contribution is -0.142. The number of methoxy groups -OCH3 is 1. The first-order valence-electron chi connectivity index (χ1n) is 6.89. The van der Waals surface area contributed by atoms with Crippen LogP contribution in [0.25, 0.3) is 0 Å². The Hall–Kier alpha value is -2.40. The monoisotopic (exact) mass is 335 g/mol. The van der Waals surface area contributed by atoms with E-state index in [0.717, 1.165) is 5.56 Å². The lowest BCUT2D eigenvalue weighted by Crippen LogP contribution is -2.43. The van der Waals surface area contributed by atoms with Crippen molar-refractivity contribution in [2.45, 2.75) is 12.5 Å². The molecule has 4 nitrogen and oxygen atoms in total. The number of hydrogen-bond acceptors (Lipinski definition) is 3. The highest BCUT2D eigenvalue weighted by Crippen LogP contribution is 2.13. The standard InChI is InChI=1S/C17H15ClFNO3/c1-23-17(22)15(10-11-5-4-6-12(18)9-11)20-16(21)13-7-2-3-8-14(13)19/h2-9,15H,10H2,1H3,(H,20,21)/t15-/m0/s1. The summed E-state index contributed by atoms with van der Waals surface area (Å²) in [5.74, 6) is -1.95. The lowest BCUT2D eigenvalue weighted by Gasteiger charge is -2.17. The Balaban J connectivity index is 2.17. The van der Waals surface area contributed by atoms with Gasteiger partial charge in [-0.3, -0.25) is 4.79 Å². The minimum atomic E-state index is -0.939. The largest absolute Gasteiger partial charge is 0.467 e. The van der Waals surface area contributed by atoms with Crippen LogP contribution in [0.1, 0.15) is 15.9 Å². The van der Waals surface area contributed by atoms with Crippen molar-refractivity contribution in [3.63, 3.8) is 0 Å². The van der Waals surface area contributed by atoms with E-state index in [1.54, 1.807) is 30.3 Å². The number of benzene rings is 2. The number of ether oxygens (including phenoxy) is 1. The van der Waals surface area contributed by atoms with Crippen LogP contribution in [0.3, 0.4) is 0 Å². The number of carbonyl (C=O) groups excluding carboxylic acids is 2. The van der Waals surface area contributed by atoms with Gasteiger partial charge in [-0.2, -0.15) is 0 Å². The summed E-state index contributed by atoms with van der Waals surface area (Å²) in [6.07, 6.45) is 0.188. The first kappa shape index (κ1) is 17.0. The molecule has 0 spiro atoms. The Morgan fingerprint density at radius 2 is 1.96 bits per heavy atom. The zero-order valence-electron chi connectivity index (χ0n) is 12.4. The van der Waals surface area contributed by atoms with E-state index >= 15 is 0 Å². The number of nitrogens with one attached hydrogen (secondary N) is 1. The van der Waals surface area contributed by atoms with Crippen molar-refractivity contribution in [3.05, 3.63) is 70.5 Å². The molecule has 0 aromatic heterocycles. The predicted octanol–water partition coefficient (Wildman–Crippen LogP) is 2.99. The lowest BCUT2D eigenvalue weighted by atomic mass is 10.1. The van der Waals surface area contributed by atoms with Crippen molar-refractivity contribution in [1.29, 1.82) is 0 Å². The van der Waals surface area contributed by atoms with E-state index in [4.69, 9.17) is 16.3 Å². The van der Waals surface area contributed by atoms with E-state index < -0.39 is 23.7 Å². The van der Waals surface area contributed by atoms with Gasteiger partial charge in [0.1, 0.15) is 11.9 Å². The highest BCUT2D eigenvalue weighted by Gasteiger charge is 2.23. The first-order valence-corrected chi connectivity index (χ1v) is 7.26. The van der Waals surface area contributed by atoms with Gasteiger partial charge in [0.25, 0.3) is 5.91 Å². The Bertz CT molecular complexity index is 720. The van der Waals surface area contributed by atoms with Crippen LogP contribution < -0.4 is 5.32 Å². The van der Waals surface area contributed by atoms with Gasteiger partial charge >= 0.3 is 5.97 Å². The third kappa shape index (κ3) is 4.53. The number of amides is 1. The number of halogens is 2. The Morgan fingerprint density at radius 3 is 2.61 bits per heavy atom. The van der Waals surface area contributed by atoms with Crippen molar-refractivity contribution in [2.75, 3.05) is 7.11 Å². The van der Waals surface area contributed by atoms with Gasteiger partial charge in [-0.1, -0.05) is 35.9 Å². The second kappa shape index (κ2) is 7.74. The molecule has 1 atom stereocenters. The van der Waals surface area contributed by atoms with Gasteiger partial charge in [0, 0.05) is 11.4 Å². The molecule has 0 unspecified atom stereocenters. The van der Waals surface area contributed by atoms with Gasteiger partial charge in [-0.25, -0.2) is 9.18 Å². The fraction of sp³-hybridized carbons (Fsp3) is 0.176. The molecule has 2 aromatic rings. The second-order valence-corrected chi connectivity index (χ2v) is 5.30. The summed E-state index contributed by atoms with van der Waals surface area (Å²) in [6, 6.07) is 11.5. The average molecular weight is 336 g/mol. The van der Waals surface area contributed by atoms with Crippen molar-refractivity contribution in [3.8, 4) is 0 Å². The van der Waals surface area contributed by atoms with Crippen molar-refractivity contribution >= 4 is 23.5 Å². The zero-order valence-corrected chi connectivity index (χ0v) is 13.1. The minimum Gasteiger partial charge on any atom is -0.467 e. The molecule has 0 fully saturated rings. The summed E-state index contributed by atoms with van der Waals surface area (Å²) in [5.41, 5.74) is 0.620. The summed E-state index contributed by atoms with van der Waals surface area (Å²) >= 11 is 5.91. The van der Waals surface area contributed by atoms with Gasteiger partial charge < -0.3 is 10.1 Å². The Morgan fingerprint density at radius 1 is 1.22 bits per heavy atom. The molecule has 6 heteroatoms. The van der Waals surface area contributed by atoms with Crippen molar-refractivity contribution in [2.24, 2.45) is 0 Å². The smallest absolute Gasteiger partial charge is 0.328 e. The van der Waals surface area contributed by atoms with Gasteiger partial charge in [0.2, 0.25) is 0 Å². The van der Waals surface area contributed by atoms with E-state index in [1.165, 1.54) is 25.3 Å². The summed E-state index contributed by atoms with van der Waals surface area (Å²) in [6.45, 7) is 0. The molecule has 0 aliphatic rings. The second-order valence-electron chi connectivity index (χ2n) is 4.86. The van der Waals surface area contributed by atoms with Crippen LogP contribution in [0.2, 0.25) is 5.02 Å². The predicted molar refractivity (Wildman–Crippen MR) is 84.8 cm³/mol. The Labute approximate surface area is 138 Å². The Kier molecular flexibility index (Phi) is 5.71. The maximum absolute atomic E-state index is 13.7. The van der Waals surface area contributed by atoms with E-state index in [2.05, 4.69) is 5.32 Å². The number of rotatable bonds is 5. The molecule has 0 saturated carbocycles. The molecule has 0 radical (unpaired) electrons. The SMILES string of the molecule is COC(=O)[C@H](Cc1cccc(Cl)c1)NC(=O)c1ccccc1F. The fourth-order valence-electron chi connectivity index (χ4n) is 2.12. The molecule has 1 N–H and O–H groups in total. The van der Waals surface area contributed by atoms with E-state index in [-0.39, 0.29) is 12.0 Å². The van der Waals surface area contributed by atoms with Gasteiger partial charge in [0.15, 0.2) is 0 Å². The maximum Gasteiger partial charge on any atom is 0.328 e. The van der Waals surface area contributed by atoms with Crippen LogP contribution in [0.15, 0.2) is 48.5 Å². The van der Waals surface area contributed by atoms with Crippen LogP contribution in [-0.2, 0) is 16.0 Å². The summed E-state index contributed by atoms with van der Waals surface area (Å²) < 4.78 is 18.4. The van der Waals surface area contributed by atoms with Gasteiger partial charge in [-0.15, -0.1) is 0 Å². The molecule has 0 saturated heterocycles. The molecule has 120 valence electrons. The van der Waals surface area contributed by atoms with Crippen LogP contribution >= 0.6 is 11.6 Å².